The summed E-state index contributed by atoms with van der Waals surface area (Å²) in [6, 6.07) is 3.35. The zero-order valence-corrected chi connectivity index (χ0v) is 10.7. The topological polar surface area (TPSA) is 103 Å². The standard InChI is InChI=1S/C12H17N3O4/c1-17-4-5-18-3-2-14-9-7-10-11(6-8(9)13)19-12(16)15-10/h6-7,14H,2-5,13H2,1H3,(H,15,16). The Morgan fingerprint density at radius 3 is 3.00 bits per heavy atom. The summed E-state index contributed by atoms with van der Waals surface area (Å²) in [4.78, 5) is 13.6. The van der Waals surface area contributed by atoms with E-state index >= 15 is 0 Å². The van der Waals surface area contributed by atoms with Crippen LogP contribution in [0.3, 0.4) is 0 Å². The molecule has 1 heterocycles. The Balaban J connectivity index is 1.92. The van der Waals surface area contributed by atoms with Gasteiger partial charge in [-0.1, -0.05) is 0 Å². The fourth-order valence-corrected chi connectivity index (χ4v) is 1.67. The third-order valence-electron chi connectivity index (χ3n) is 2.58. The van der Waals surface area contributed by atoms with Crippen LogP contribution in [0.1, 0.15) is 0 Å². The Labute approximate surface area is 109 Å². The van der Waals surface area contributed by atoms with Gasteiger partial charge in [0, 0.05) is 19.7 Å². The largest absolute Gasteiger partial charge is 0.417 e. The number of nitrogens with one attached hydrogen (secondary N) is 2. The van der Waals surface area contributed by atoms with Gasteiger partial charge in [0.05, 0.1) is 36.7 Å². The number of nitrogens with two attached hydrogens (primary N) is 1. The van der Waals surface area contributed by atoms with Gasteiger partial charge in [-0.25, -0.2) is 4.79 Å². The number of rotatable bonds is 7. The minimum atomic E-state index is -0.491. The van der Waals surface area contributed by atoms with Crippen LogP contribution in [0.25, 0.3) is 11.1 Å². The van der Waals surface area contributed by atoms with Crippen molar-refractivity contribution in [1.82, 2.24) is 4.98 Å². The SMILES string of the molecule is COCCOCCNc1cc2[nH]c(=O)oc2cc1N. The number of nitrogen functional groups attached to an aromatic ring is 1. The molecule has 1 aromatic heterocycles. The first-order valence-corrected chi connectivity index (χ1v) is 5.93. The van der Waals surface area contributed by atoms with Gasteiger partial charge in [0.25, 0.3) is 0 Å². The summed E-state index contributed by atoms with van der Waals surface area (Å²) in [6.45, 7) is 2.29. The first-order chi connectivity index (χ1) is 9.20. The van der Waals surface area contributed by atoms with Crippen LogP contribution in [0.15, 0.2) is 21.3 Å². The minimum absolute atomic E-state index is 0.449. The summed E-state index contributed by atoms with van der Waals surface area (Å²) >= 11 is 0. The molecule has 0 atom stereocenters. The number of aromatic nitrogens is 1. The number of benzene rings is 1. The minimum Gasteiger partial charge on any atom is -0.408 e. The molecule has 0 aliphatic carbocycles. The highest BCUT2D eigenvalue weighted by atomic mass is 16.5. The fraction of sp³-hybridized carbons (Fsp3) is 0.417. The van der Waals surface area contributed by atoms with Crippen LogP contribution in [-0.4, -0.2) is 38.5 Å². The first-order valence-electron chi connectivity index (χ1n) is 5.93. The number of oxazole rings is 1. The molecule has 0 amide bonds. The molecule has 0 saturated carbocycles. The van der Waals surface area contributed by atoms with E-state index in [0.29, 0.717) is 43.2 Å². The molecule has 0 aliphatic heterocycles. The van der Waals surface area contributed by atoms with E-state index in [1.54, 1.807) is 19.2 Å². The van der Waals surface area contributed by atoms with E-state index in [4.69, 9.17) is 19.6 Å². The summed E-state index contributed by atoms with van der Waals surface area (Å²) in [5.41, 5.74) is 8.18. The lowest BCUT2D eigenvalue weighted by molar-refractivity contribution is 0.0759. The molecule has 0 spiro atoms. The van der Waals surface area contributed by atoms with Gasteiger partial charge in [0.2, 0.25) is 0 Å². The van der Waals surface area contributed by atoms with E-state index in [1.807, 2.05) is 0 Å². The predicted molar refractivity (Wildman–Crippen MR) is 72.4 cm³/mol. The highest BCUT2D eigenvalue weighted by Gasteiger charge is 2.06. The molecule has 2 aromatic rings. The van der Waals surface area contributed by atoms with E-state index in [1.165, 1.54) is 0 Å². The maximum absolute atomic E-state index is 11.1. The second kappa shape index (κ2) is 6.26. The third kappa shape index (κ3) is 3.49. The second-order valence-corrected chi connectivity index (χ2v) is 3.98. The number of ether oxygens (including phenoxy) is 2. The average Bonchev–Trinajstić information content (AvgIpc) is 2.72. The molecule has 104 valence electrons. The quantitative estimate of drug-likeness (QED) is 0.506. The molecule has 7 nitrogen and oxygen atoms in total. The number of methoxy groups -OCH3 is 1. The van der Waals surface area contributed by atoms with Gasteiger partial charge in [0.15, 0.2) is 5.58 Å². The summed E-state index contributed by atoms with van der Waals surface area (Å²) in [5, 5.41) is 3.14. The van der Waals surface area contributed by atoms with E-state index < -0.39 is 5.76 Å². The van der Waals surface area contributed by atoms with Crippen LogP contribution in [0.4, 0.5) is 11.4 Å². The fourth-order valence-electron chi connectivity index (χ4n) is 1.67. The third-order valence-corrected chi connectivity index (χ3v) is 2.58. The summed E-state index contributed by atoms with van der Waals surface area (Å²) in [5.74, 6) is -0.491. The molecule has 19 heavy (non-hydrogen) atoms. The molecule has 0 radical (unpaired) electrons. The van der Waals surface area contributed by atoms with Crippen molar-refractivity contribution in [2.24, 2.45) is 0 Å². The number of hydrogen-bond acceptors (Lipinski definition) is 6. The van der Waals surface area contributed by atoms with Crippen molar-refractivity contribution in [1.29, 1.82) is 0 Å². The van der Waals surface area contributed by atoms with E-state index in [9.17, 15) is 4.79 Å². The van der Waals surface area contributed by atoms with Crippen LogP contribution < -0.4 is 16.8 Å². The Morgan fingerprint density at radius 2 is 2.21 bits per heavy atom. The van der Waals surface area contributed by atoms with Crippen molar-refractivity contribution in [3.8, 4) is 0 Å². The molecule has 4 N–H and O–H groups in total. The number of fused-ring (bicyclic) bond motifs is 1. The molecule has 0 fully saturated rings. The van der Waals surface area contributed by atoms with Gasteiger partial charge < -0.3 is 24.9 Å². The van der Waals surface area contributed by atoms with Gasteiger partial charge in [0.1, 0.15) is 0 Å². The van der Waals surface area contributed by atoms with Crippen molar-refractivity contribution < 1.29 is 13.9 Å². The number of aromatic amines is 1. The zero-order chi connectivity index (χ0) is 13.7. The highest BCUT2D eigenvalue weighted by Crippen LogP contribution is 2.23. The summed E-state index contributed by atoms with van der Waals surface area (Å²) in [6.07, 6.45) is 0. The molecule has 1 aromatic carbocycles. The van der Waals surface area contributed by atoms with Crippen molar-refractivity contribution in [2.75, 3.05) is 44.5 Å². The van der Waals surface area contributed by atoms with Gasteiger partial charge in [-0.2, -0.15) is 0 Å². The van der Waals surface area contributed by atoms with Crippen molar-refractivity contribution in [2.45, 2.75) is 0 Å². The smallest absolute Gasteiger partial charge is 0.408 e. The van der Waals surface area contributed by atoms with Crippen LogP contribution in [-0.2, 0) is 9.47 Å². The van der Waals surface area contributed by atoms with E-state index in [0.717, 1.165) is 5.69 Å². The number of hydrogen-bond donors (Lipinski definition) is 3. The molecule has 0 saturated heterocycles. The van der Waals surface area contributed by atoms with E-state index in [2.05, 4.69) is 10.3 Å². The first kappa shape index (κ1) is 13.4. The molecule has 0 bridgehead atoms. The Kier molecular flexibility index (Phi) is 4.43. The highest BCUT2D eigenvalue weighted by molar-refractivity contribution is 5.85. The number of anilines is 2. The maximum atomic E-state index is 11.1. The van der Waals surface area contributed by atoms with Crippen LogP contribution in [0.2, 0.25) is 0 Å². The second-order valence-electron chi connectivity index (χ2n) is 3.98. The predicted octanol–water partition coefficient (Wildman–Crippen LogP) is 0.778. The molecular weight excluding hydrogens is 250 g/mol. The average molecular weight is 267 g/mol. The molecule has 7 heteroatoms. The lowest BCUT2D eigenvalue weighted by atomic mass is 10.2. The Bertz CT molecular complexity index is 590. The number of H-pyrrole nitrogens is 1. The van der Waals surface area contributed by atoms with Crippen molar-refractivity contribution in [3.05, 3.63) is 22.7 Å². The normalized spacial score (nSPS) is 11.0. The monoisotopic (exact) mass is 267 g/mol. The lowest BCUT2D eigenvalue weighted by Crippen LogP contribution is -2.12. The molecule has 0 unspecified atom stereocenters. The van der Waals surface area contributed by atoms with Crippen LogP contribution >= 0.6 is 0 Å². The lowest BCUT2D eigenvalue weighted by Gasteiger charge is -2.09. The summed E-state index contributed by atoms with van der Waals surface area (Å²) < 4.78 is 15.1. The van der Waals surface area contributed by atoms with Crippen molar-refractivity contribution in [3.63, 3.8) is 0 Å². The molecule has 0 aliphatic rings. The van der Waals surface area contributed by atoms with Gasteiger partial charge in [-0.3, -0.25) is 4.98 Å². The maximum Gasteiger partial charge on any atom is 0.417 e. The Morgan fingerprint density at radius 1 is 1.37 bits per heavy atom. The summed E-state index contributed by atoms with van der Waals surface area (Å²) in [7, 11) is 1.63. The zero-order valence-electron chi connectivity index (χ0n) is 10.7. The van der Waals surface area contributed by atoms with Gasteiger partial charge in [-0.05, 0) is 6.07 Å². The van der Waals surface area contributed by atoms with Crippen LogP contribution in [0, 0.1) is 0 Å². The van der Waals surface area contributed by atoms with Gasteiger partial charge >= 0.3 is 5.76 Å². The van der Waals surface area contributed by atoms with Crippen LogP contribution in [0.5, 0.6) is 0 Å². The van der Waals surface area contributed by atoms with E-state index in [-0.39, 0.29) is 0 Å². The van der Waals surface area contributed by atoms with Crippen molar-refractivity contribution >= 4 is 22.5 Å². The Hall–Kier alpha value is -1.99. The van der Waals surface area contributed by atoms with Gasteiger partial charge in [-0.15, -0.1) is 0 Å². The molecule has 2 rings (SSSR count). The molecular formula is C12H17N3O4.